The Morgan fingerprint density at radius 2 is 1.44 bits per heavy atom. The summed E-state index contributed by atoms with van der Waals surface area (Å²) in [6, 6.07) is 19.6. The van der Waals surface area contributed by atoms with Crippen molar-refractivity contribution in [3.8, 4) is 22.3 Å². The van der Waals surface area contributed by atoms with Crippen molar-refractivity contribution >= 4 is 22.4 Å². The van der Waals surface area contributed by atoms with E-state index in [4.69, 9.17) is 11.6 Å². The lowest BCUT2D eigenvalue weighted by Crippen LogP contribution is -1.81. The minimum absolute atomic E-state index is 0.569. The molecule has 0 atom stereocenters. The van der Waals surface area contributed by atoms with Crippen LogP contribution in [0.5, 0.6) is 0 Å². The standard InChI is InChI=1S/C17H11Cl/c18-10-11-7-8-13-14-5-1-3-12-4-2-6-15(17(12)14)16(13)9-11/h1-9H,10H2. The van der Waals surface area contributed by atoms with Gasteiger partial charge in [-0.15, -0.1) is 11.6 Å². The first-order valence-electron chi connectivity index (χ1n) is 6.10. The molecular weight excluding hydrogens is 240 g/mol. The smallest absolute Gasteiger partial charge is 0.0474 e. The van der Waals surface area contributed by atoms with Crippen LogP contribution in [0.25, 0.3) is 33.0 Å². The fraction of sp³-hybridized carbons (Fsp3) is 0.0588. The zero-order valence-corrected chi connectivity index (χ0v) is 10.5. The van der Waals surface area contributed by atoms with Crippen LogP contribution < -0.4 is 0 Å². The van der Waals surface area contributed by atoms with Crippen LogP contribution >= 0.6 is 11.6 Å². The summed E-state index contributed by atoms with van der Waals surface area (Å²) >= 11 is 5.94. The van der Waals surface area contributed by atoms with Crippen LogP contribution in [0.4, 0.5) is 0 Å². The van der Waals surface area contributed by atoms with Crippen molar-refractivity contribution in [2.75, 3.05) is 0 Å². The van der Waals surface area contributed by atoms with Crippen molar-refractivity contribution in [1.29, 1.82) is 0 Å². The van der Waals surface area contributed by atoms with Gasteiger partial charge in [-0.1, -0.05) is 48.5 Å². The molecule has 0 aromatic heterocycles. The number of fused-ring (bicyclic) bond motifs is 3. The van der Waals surface area contributed by atoms with Gasteiger partial charge in [0.15, 0.2) is 0 Å². The first-order chi connectivity index (χ1) is 8.88. The van der Waals surface area contributed by atoms with Crippen molar-refractivity contribution < 1.29 is 0 Å². The second-order valence-electron chi connectivity index (χ2n) is 4.72. The van der Waals surface area contributed by atoms with Gasteiger partial charge in [0.1, 0.15) is 0 Å². The third-order valence-corrected chi connectivity index (χ3v) is 4.03. The van der Waals surface area contributed by atoms with Gasteiger partial charge >= 0.3 is 0 Å². The Balaban J connectivity index is 2.17. The molecule has 1 aliphatic rings. The van der Waals surface area contributed by atoms with Crippen LogP contribution in [0.15, 0.2) is 54.6 Å². The van der Waals surface area contributed by atoms with Crippen LogP contribution in [0, 0.1) is 0 Å². The molecule has 4 rings (SSSR count). The molecule has 3 aromatic rings. The zero-order valence-electron chi connectivity index (χ0n) is 9.78. The number of rotatable bonds is 1. The van der Waals surface area contributed by atoms with Crippen molar-refractivity contribution in [3.05, 3.63) is 60.2 Å². The first-order valence-corrected chi connectivity index (χ1v) is 6.63. The molecule has 0 unspecified atom stereocenters. The summed E-state index contributed by atoms with van der Waals surface area (Å²) in [5.41, 5.74) is 6.51. The van der Waals surface area contributed by atoms with E-state index in [1.807, 2.05) is 0 Å². The second kappa shape index (κ2) is 3.60. The monoisotopic (exact) mass is 250 g/mol. The van der Waals surface area contributed by atoms with Crippen molar-refractivity contribution in [2.24, 2.45) is 0 Å². The Bertz CT molecular complexity index is 766. The fourth-order valence-electron chi connectivity index (χ4n) is 2.92. The highest BCUT2D eigenvalue weighted by Gasteiger charge is 2.20. The normalized spacial score (nSPS) is 11.8. The third-order valence-electron chi connectivity index (χ3n) is 3.72. The molecular formula is C17H11Cl. The van der Waals surface area contributed by atoms with Gasteiger partial charge in [0.05, 0.1) is 0 Å². The molecule has 0 amide bonds. The molecule has 3 aromatic carbocycles. The Labute approximate surface area is 111 Å². The minimum Gasteiger partial charge on any atom is -0.122 e. The fourth-order valence-corrected chi connectivity index (χ4v) is 3.09. The van der Waals surface area contributed by atoms with Crippen molar-refractivity contribution in [3.63, 3.8) is 0 Å². The second-order valence-corrected chi connectivity index (χ2v) is 4.99. The Morgan fingerprint density at radius 1 is 0.722 bits per heavy atom. The summed E-state index contributed by atoms with van der Waals surface area (Å²) in [6.07, 6.45) is 0. The number of hydrogen-bond acceptors (Lipinski definition) is 0. The lowest BCUT2D eigenvalue weighted by atomic mass is 10.0. The quantitative estimate of drug-likeness (QED) is 0.406. The lowest BCUT2D eigenvalue weighted by Gasteiger charge is -2.03. The van der Waals surface area contributed by atoms with Crippen molar-refractivity contribution in [1.82, 2.24) is 0 Å². The van der Waals surface area contributed by atoms with E-state index in [1.165, 1.54) is 38.6 Å². The Kier molecular flexibility index (Phi) is 2.03. The highest BCUT2D eigenvalue weighted by Crippen LogP contribution is 2.47. The molecule has 0 saturated heterocycles. The van der Waals surface area contributed by atoms with Crippen LogP contribution in [0.2, 0.25) is 0 Å². The van der Waals surface area contributed by atoms with E-state index in [0.29, 0.717) is 5.88 Å². The lowest BCUT2D eigenvalue weighted by molar-refractivity contribution is 1.41. The number of hydrogen-bond donors (Lipinski definition) is 0. The Morgan fingerprint density at radius 3 is 2.17 bits per heavy atom. The average Bonchev–Trinajstić information content (AvgIpc) is 2.76. The van der Waals surface area contributed by atoms with Gasteiger partial charge in [0.25, 0.3) is 0 Å². The predicted octanol–water partition coefficient (Wildman–Crippen LogP) is 5.23. The van der Waals surface area contributed by atoms with Crippen LogP contribution in [0.1, 0.15) is 5.56 Å². The van der Waals surface area contributed by atoms with Gasteiger partial charge in [-0.3, -0.25) is 0 Å². The van der Waals surface area contributed by atoms with E-state index < -0.39 is 0 Å². The van der Waals surface area contributed by atoms with Crippen LogP contribution in [-0.4, -0.2) is 0 Å². The maximum Gasteiger partial charge on any atom is 0.0474 e. The topological polar surface area (TPSA) is 0 Å². The molecule has 0 radical (unpaired) electrons. The van der Waals surface area contributed by atoms with Gasteiger partial charge in [-0.2, -0.15) is 0 Å². The molecule has 0 spiro atoms. The molecule has 1 heteroatoms. The van der Waals surface area contributed by atoms with E-state index in [0.717, 1.165) is 0 Å². The summed E-state index contributed by atoms with van der Waals surface area (Å²) < 4.78 is 0. The maximum absolute atomic E-state index is 5.94. The molecule has 0 heterocycles. The van der Waals surface area contributed by atoms with Crippen LogP contribution in [-0.2, 0) is 5.88 Å². The molecule has 0 aliphatic heterocycles. The predicted molar refractivity (Wildman–Crippen MR) is 77.9 cm³/mol. The maximum atomic E-state index is 5.94. The number of halogens is 1. The number of alkyl halides is 1. The molecule has 18 heavy (non-hydrogen) atoms. The number of benzene rings is 3. The SMILES string of the molecule is ClCc1ccc2c(c1)-c1cccc3cccc-2c13. The molecule has 86 valence electrons. The molecule has 0 nitrogen and oxygen atoms in total. The summed E-state index contributed by atoms with van der Waals surface area (Å²) in [4.78, 5) is 0. The van der Waals surface area contributed by atoms with Crippen LogP contribution in [0.3, 0.4) is 0 Å². The van der Waals surface area contributed by atoms with E-state index >= 15 is 0 Å². The summed E-state index contributed by atoms with van der Waals surface area (Å²) in [6.45, 7) is 0. The van der Waals surface area contributed by atoms with E-state index in [-0.39, 0.29) is 0 Å². The highest BCUT2D eigenvalue weighted by atomic mass is 35.5. The van der Waals surface area contributed by atoms with Gasteiger partial charge in [0, 0.05) is 5.88 Å². The highest BCUT2D eigenvalue weighted by molar-refractivity contribution is 6.18. The average molecular weight is 251 g/mol. The molecule has 0 N–H and O–H groups in total. The summed E-state index contributed by atoms with van der Waals surface area (Å²) in [5.74, 6) is 0.569. The van der Waals surface area contributed by atoms with Gasteiger partial charge in [-0.25, -0.2) is 0 Å². The molecule has 1 aliphatic carbocycles. The van der Waals surface area contributed by atoms with Gasteiger partial charge in [0.2, 0.25) is 0 Å². The minimum atomic E-state index is 0.569. The van der Waals surface area contributed by atoms with E-state index in [9.17, 15) is 0 Å². The van der Waals surface area contributed by atoms with Crippen molar-refractivity contribution in [2.45, 2.75) is 5.88 Å². The zero-order chi connectivity index (χ0) is 12.1. The largest absolute Gasteiger partial charge is 0.122 e. The third kappa shape index (κ3) is 1.21. The molecule has 0 bridgehead atoms. The van der Waals surface area contributed by atoms with E-state index in [2.05, 4.69) is 54.6 Å². The summed E-state index contributed by atoms with van der Waals surface area (Å²) in [7, 11) is 0. The molecule has 0 fully saturated rings. The van der Waals surface area contributed by atoms with Gasteiger partial charge in [-0.05, 0) is 44.7 Å². The van der Waals surface area contributed by atoms with Gasteiger partial charge < -0.3 is 0 Å². The Hall–Kier alpha value is -1.79. The molecule has 0 saturated carbocycles. The first kappa shape index (κ1) is 10.2. The van der Waals surface area contributed by atoms with E-state index in [1.54, 1.807) is 0 Å². The summed E-state index contributed by atoms with van der Waals surface area (Å²) in [5, 5.41) is 2.69.